The Bertz CT molecular complexity index is 678. The summed E-state index contributed by atoms with van der Waals surface area (Å²) in [6.45, 7) is 3.74. The van der Waals surface area contributed by atoms with Gasteiger partial charge in [-0.05, 0) is 48.7 Å². The van der Waals surface area contributed by atoms with E-state index in [4.69, 9.17) is 0 Å². The maximum atomic E-state index is 12.3. The SMILES string of the molecule is CCc1ccc(C(=O)NC[C@@H]2Cc3ccccc3CN2C)cc1. The highest BCUT2D eigenvalue weighted by Crippen LogP contribution is 2.21. The first-order valence-electron chi connectivity index (χ1n) is 8.31. The molecule has 0 aromatic heterocycles. The number of nitrogens with zero attached hydrogens (tertiary/aromatic N) is 1. The van der Waals surface area contributed by atoms with Gasteiger partial charge in [-0.3, -0.25) is 9.69 Å². The van der Waals surface area contributed by atoms with Gasteiger partial charge in [-0.25, -0.2) is 0 Å². The number of likely N-dealkylation sites (N-methyl/N-ethyl adjacent to an activating group) is 1. The number of aryl methyl sites for hydroxylation is 1. The van der Waals surface area contributed by atoms with E-state index >= 15 is 0 Å². The fourth-order valence-corrected chi connectivity index (χ4v) is 3.15. The number of carbonyl (C=O) groups excluding carboxylic acids is 1. The second-order valence-corrected chi connectivity index (χ2v) is 6.30. The van der Waals surface area contributed by atoms with Crippen LogP contribution in [0.15, 0.2) is 48.5 Å². The number of benzene rings is 2. The van der Waals surface area contributed by atoms with Crippen molar-refractivity contribution in [2.45, 2.75) is 32.4 Å². The number of hydrogen-bond acceptors (Lipinski definition) is 2. The van der Waals surface area contributed by atoms with E-state index in [2.05, 4.69) is 48.5 Å². The van der Waals surface area contributed by atoms with Crippen molar-refractivity contribution >= 4 is 5.91 Å². The summed E-state index contributed by atoms with van der Waals surface area (Å²) in [6.07, 6.45) is 1.98. The molecule has 3 heteroatoms. The Balaban J connectivity index is 1.60. The van der Waals surface area contributed by atoms with Crippen LogP contribution in [0, 0.1) is 0 Å². The number of fused-ring (bicyclic) bond motifs is 1. The summed E-state index contributed by atoms with van der Waals surface area (Å²) >= 11 is 0. The average molecular weight is 308 g/mol. The van der Waals surface area contributed by atoms with Crippen LogP contribution in [0.1, 0.15) is 34.0 Å². The van der Waals surface area contributed by atoms with Crippen molar-refractivity contribution in [3.8, 4) is 0 Å². The predicted octanol–water partition coefficient (Wildman–Crippen LogP) is 3.04. The molecule has 0 bridgehead atoms. The molecule has 3 rings (SSSR count). The molecule has 1 aliphatic rings. The molecule has 0 spiro atoms. The van der Waals surface area contributed by atoms with E-state index in [1.807, 2.05) is 24.3 Å². The second kappa shape index (κ2) is 6.97. The van der Waals surface area contributed by atoms with E-state index in [1.54, 1.807) is 0 Å². The van der Waals surface area contributed by atoms with Crippen LogP contribution in [0.2, 0.25) is 0 Å². The first kappa shape index (κ1) is 15.8. The van der Waals surface area contributed by atoms with Crippen LogP contribution in [0.4, 0.5) is 0 Å². The molecule has 2 aromatic rings. The van der Waals surface area contributed by atoms with Crippen LogP contribution < -0.4 is 5.32 Å². The van der Waals surface area contributed by atoms with Gasteiger partial charge in [0.1, 0.15) is 0 Å². The van der Waals surface area contributed by atoms with Gasteiger partial charge in [0.15, 0.2) is 0 Å². The number of amides is 1. The van der Waals surface area contributed by atoms with E-state index < -0.39 is 0 Å². The van der Waals surface area contributed by atoms with Crippen molar-refractivity contribution < 1.29 is 4.79 Å². The predicted molar refractivity (Wildman–Crippen MR) is 93.6 cm³/mol. The second-order valence-electron chi connectivity index (χ2n) is 6.30. The molecular weight excluding hydrogens is 284 g/mol. The van der Waals surface area contributed by atoms with Gasteiger partial charge in [-0.2, -0.15) is 0 Å². The summed E-state index contributed by atoms with van der Waals surface area (Å²) in [5, 5.41) is 3.09. The molecule has 0 saturated heterocycles. The number of hydrogen-bond donors (Lipinski definition) is 1. The fourth-order valence-electron chi connectivity index (χ4n) is 3.15. The minimum Gasteiger partial charge on any atom is -0.350 e. The Labute approximate surface area is 138 Å². The summed E-state index contributed by atoms with van der Waals surface area (Å²) in [4.78, 5) is 14.6. The summed E-state index contributed by atoms with van der Waals surface area (Å²) in [5.74, 6) is 0.0138. The van der Waals surface area contributed by atoms with E-state index in [0.29, 0.717) is 12.6 Å². The van der Waals surface area contributed by atoms with Crippen molar-refractivity contribution in [2.75, 3.05) is 13.6 Å². The molecule has 0 aliphatic carbocycles. The third-order valence-corrected chi connectivity index (χ3v) is 4.74. The van der Waals surface area contributed by atoms with Crippen LogP contribution in [0.3, 0.4) is 0 Å². The maximum absolute atomic E-state index is 12.3. The van der Waals surface area contributed by atoms with Crippen LogP contribution in [0.5, 0.6) is 0 Å². The van der Waals surface area contributed by atoms with Gasteiger partial charge in [0.2, 0.25) is 0 Å². The zero-order valence-corrected chi connectivity index (χ0v) is 13.9. The van der Waals surface area contributed by atoms with Crippen molar-refractivity contribution in [1.29, 1.82) is 0 Å². The molecule has 0 fully saturated rings. The third kappa shape index (κ3) is 3.62. The highest BCUT2D eigenvalue weighted by Gasteiger charge is 2.23. The fraction of sp³-hybridized carbons (Fsp3) is 0.350. The van der Waals surface area contributed by atoms with Crippen LogP contribution in [-0.2, 0) is 19.4 Å². The van der Waals surface area contributed by atoms with Crippen LogP contribution >= 0.6 is 0 Å². The Hall–Kier alpha value is -2.13. The molecule has 1 atom stereocenters. The molecule has 0 unspecified atom stereocenters. The Morgan fingerprint density at radius 3 is 2.52 bits per heavy atom. The van der Waals surface area contributed by atoms with Crippen molar-refractivity contribution in [3.63, 3.8) is 0 Å². The maximum Gasteiger partial charge on any atom is 0.251 e. The summed E-state index contributed by atoms with van der Waals surface area (Å²) < 4.78 is 0. The standard InChI is InChI=1S/C20H24N2O/c1-3-15-8-10-16(11-9-15)20(23)21-13-19-12-17-6-4-5-7-18(17)14-22(19)2/h4-11,19H,3,12-14H2,1-2H3,(H,21,23)/t19-/m0/s1. The summed E-state index contributed by atoms with van der Waals surface area (Å²) in [7, 11) is 2.13. The minimum absolute atomic E-state index is 0.0138. The van der Waals surface area contributed by atoms with Gasteiger partial charge >= 0.3 is 0 Å². The molecule has 2 aromatic carbocycles. The number of carbonyl (C=O) groups is 1. The smallest absolute Gasteiger partial charge is 0.251 e. The van der Waals surface area contributed by atoms with E-state index in [0.717, 1.165) is 24.9 Å². The van der Waals surface area contributed by atoms with Crippen molar-refractivity contribution in [3.05, 3.63) is 70.8 Å². The number of nitrogens with one attached hydrogen (secondary N) is 1. The first-order valence-corrected chi connectivity index (χ1v) is 8.31. The lowest BCUT2D eigenvalue weighted by atomic mass is 9.94. The van der Waals surface area contributed by atoms with Gasteiger partial charge in [-0.15, -0.1) is 0 Å². The van der Waals surface area contributed by atoms with Gasteiger partial charge in [-0.1, -0.05) is 43.3 Å². The van der Waals surface area contributed by atoms with Gasteiger partial charge in [0.05, 0.1) is 0 Å². The molecule has 0 radical (unpaired) electrons. The van der Waals surface area contributed by atoms with Crippen LogP contribution in [-0.4, -0.2) is 30.4 Å². The third-order valence-electron chi connectivity index (χ3n) is 4.74. The summed E-state index contributed by atoms with van der Waals surface area (Å²) in [5.41, 5.74) is 4.79. The van der Waals surface area contributed by atoms with Gasteiger partial charge in [0, 0.05) is 24.7 Å². The number of rotatable bonds is 4. The monoisotopic (exact) mass is 308 g/mol. The van der Waals surface area contributed by atoms with Crippen molar-refractivity contribution in [1.82, 2.24) is 10.2 Å². The Morgan fingerprint density at radius 1 is 1.13 bits per heavy atom. The topological polar surface area (TPSA) is 32.3 Å². The quantitative estimate of drug-likeness (QED) is 0.941. The molecule has 1 aliphatic heterocycles. The highest BCUT2D eigenvalue weighted by molar-refractivity contribution is 5.94. The molecule has 1 amide bonds. The lowest BCUT2D eigenvalue weighted by Gasteiger charge is -2.34. The van der Waals surface area contributed by atoms with Crippen molar-refractivity contribution in [2.24, 2.45) is 0 Å². The molecule has 1 N–H and O–H groups in total. The Kier molecular flexibility index (Phi) is 4.77. The van der Waals surface area contributed by atoms with E-state index in [9.17, 15) is 4.79 Å². The van der Waals surface area contributed by atoms with Crippen LogP contribution in [0.25, 0.3) is 0 Å². The summed E-state index contributed by atoms with van der Waals surface area (Å²) in [6, 6.07) is 16.8. The molecule has 23 heavy (non-hydrogen) atoms. The average Bonchev–Trinajstić information content (AvgIpc) is 2.59. The van der Waals surface area contributed by atoms with Gasteiger partial charge in [0.25, 0.3) is 5.91 Å². The van der Waals surface area contributed by atoms with Gasteiger partial charge < -0.3 is 5.32 Å². The normalized spacial score (nSPS) is 17.6. The molecular formula is C20H24N2O. The highest BCUT2D eigenvalue weighted by atomic mass is 16.1. The molecule has 1 heterocycles. The van der Waals surface area contributed by atoms with E-state index in [-0.39, 0.29) is 5.91 Å². The molecule has 0 saturated carbocycles. The lowest BCUT2D eigenvalue weighted by molar-refractivity contribution is 0.0934. The Morgan fingerprint density at radius 2 is 1.83 bits per heavy atom. The first-order chi connectivity index (χ1) is 11.2. The molecule has 120 valence electrons. The zero-order chi connectivity index (χ0) is 16.2. The minimum atomic E-state index is 0.0138. The largest absolute Gasteiger partial charge is 0.350 e. The zero-order valence-electron chi connectivity index (χ0n) is 13.9. The lowest BCUT2D eigenvalue weighted by Crippen LogP contribution is -2.45. The van der Waals surface area contributed by atoms with E-state index in [1.165, 1.54) is 16.7 Å². The molecule has 3 nitrogen and oxygen atoms in total.